The number of rotatable bonds is 5. The van der Waals surface area contributed by atoms with Crippen molar-refractivity contribution in [3.05, 3.63) is 38.3 Å². The Labute approximate surface area is 127 Å². The molecule has 0 amide bonds. The Morgan fingerprint density at radius 1 is 1.40 bits per heavy atom. The minimum Gasteiger partial charge on any atom is -0.317 e. The van der Waals surface area contributed by atoms with Crippen LogP contribution in [-0.2, 0) is 6.54 Å². The summed E-state index contributed by atoms with van der Waals surface area (Å²) in [5.74, 6) is 0. The van der Waals surface area contributed by atoms with E-state index in [2.05, 4.69) is 33.1 Å². The van der Waals surface area contributed by atoms with E-state index in [4.69, 9.17) is 0 Å². The average Bonchev–Trinajstić information content (AvgIpc) is 2.45. The molecular formula is C14H20BrN3O2. The molecule has 0 atom stereocenters. The minimum absolute atomic E-state index is 0.149. The Kier molecular flexibility index (Phi) is 5.51. The zero-order valence-electron chi connectivity index (χ0n) is 11.6. The largest absolute Gasteiger partial charge is 0.317 e. The van der Waals surface area contributed by atoms with Gasteiger partial charge >= 0.3 is 0 Å². The number of piperidine rings is 1. The molecule has 20 heavy (non-hydrogen) atoms. The minimum atomic E-state index is -0.338. The third kappa shape index (κ3) is 4.01. The van der Waals surface area contributed by atoms with Gasteiger partial charge in [-0.25, -0.2) is 0 Å². The topological polar surface area (TPSA) is 58.4 Å². The molecule has 0 aliphatic carbocycles. The molecule has 0 saturated carbocycles. The first-order chi connectivity index (χ1) is 9.60. The maximum absolute atomic E-state index is 10.9. The molecule has 1 aliphatic rings. The summed E-state index contributed by atoms with van der Waals surface area (Å²) in [6.45, 7) is 5.99. The molecule has 1 aromatic rings. The van der Waals surface area contributed by atoms with Gasteiger partial charge in [0.25, 0.3) is 5.69 Å². The molecule has 1 aliphatic heterocycles. The summed E-state index contributed by atoms with van der Waals surface area (Å²) >= 11 is 3.36. The smallest absolute Gasteiger partial charge is 0.270 e. The van der Waals surface area contributed by atoms with Crippen molar-refractivity contribution in [3.8, 4) is 0 Å². The van der Waals surface area contributed by atoms with Gasteiger partial charge in [-0.05, 0) is 44.1 Å². The van der Waals surface area contributed by atoms with Crippen molar-refractivity contribution in [2.24, 2.45) is 0 Å². The van der Waals surface area contributed by atoms with Gasteiger partial charge in [-0.15, -0.1) is 0 Å². The van der Waals surface area contributed by atoms with E-state index >= 15 is 0 Å². The van der Waals surface area contributed by atoms with Crippen LogP contribution in [0.1, 0.15) is 25.3 Å². The van der Waals surface area contributed by atoms with Crippen LogP contribution in [0.4, 0.5) is 5.69 Å². The molecule has 0 radical (unpaired) electrons. The van der Waals surface area contributed by atoms with Crippen molar-refractivity contribution in [2.75, 3.05) is 19.6 Å². The summed E-state index contributed by atoms with van der Waals surface area (Å²) in [5.41, 5.74) is 1.14. The van der Waals surface area contributed by atoms with E-state index in [0.717, 1.165) is 49.1 Å². The standard InChI is InChI=1S/C14H20BrN3O2/c1-2-17(13-3-5-16-6-4-13)10-11-7-12(15)9-14(8-11)18(19)20/h7-9,13,16H,2-6,10H2,1H3. The van der Waals surface area contributed by atoms with Gasteiger partial charge in [0, 0.05) is 29.2 Å². The molecule has 1 saturated heterocycles. The van der Waals surface area contributed by atoms with Crippen LogP contribution in [0.25, 0.3) is 0 Å². The van der Waals surface area contributed by atoms with Crippen LogP contribution in [0, 0.1) is 10.1 Å². The van der Waals surface area contributed by atoms with Crippen LogP contribution in [0.15, 0.2) is 22.7 Å². The Hall–Kier alpha value is -0.980. The van der Waals surface area contributed by atoms with Gasteiger partial charge in [-0.2, -0.15) is 0 Å². The van der Waals surface area contributed by atoms with Crippen LogP contribution in [-0.4, -0.2) is 35.5 Å². The van der Waals surface area contributed by atoms with E-state index < -0.39 is 0 Å². The number of nitro groups is 1. The Morgan fingerprint density at radius 2 is 2.10 bits per heavy atom. The van der Waals surface area contributed by atoms with Gasteiger partial charge in [-0.3, -0.25) is 15.0 Å². The Bertz CT molecular complexity index is 475. The normalized spacial score (nSPS) is 16.6. The van der Waals surface area contributed by atoms with Crippen molar-refractivity contribution in [2.45, 2.75) is 32.4 Å². The van der Waals surface area contributed by atoms with Crippen molar-refractivity contribution in [1.29, 1.82) is 0 Å². The first-order valence-corrected chi connectivity index (χ1v) is 7.78. The summed E-state index contributed by atoms with van der Waals surface area (Å²) in [5, 5.41) is 14.3. The lowest BCUT2D eigenvalue weighted by molar-refractivity contribution is -0.385. The van der Waals surface area contributed by atoms with E-state index in [0.29, 0.717) is 6.04 Å². The maximum atomic E-state index is 10.9. The van der Waals surface area contributed by atoms with Gasteiger partial charge in [0.2, 0.25) is 0 Å². The van der Waals surface area contributed by atoms with Crippen molar-refractivity contribution in [1.82, 2.24) is 10.2 Å². The fourth-order valence-corrected chi connectivity index (χ4v) is 3.26. The number of non-ortho nitro benzene ring substituents is 1. The quantitative estimate of drug-likeness (QED) is 0.660. The number of hydrogen-bond acceptors (Lipinski definition) is 4. The van der Waals surface area contributed by atoms with E-state index in [1.807, 2.05) is 6.07 Å². The molecule has 0 aromatic heterocycles. The van der Waals surface area contributed by atoms with Gasteiger partial charge in [0.15, 0.2) is 0 Å². The summed E-state index contributed by atoms with van der Waals surface area (Å²) in [6.07, 6.45) is 2.29. The van der Waals surface area contributed by atoms with Crippen molar-refractivity contribution in [3.63, 3.8) is 0 Å². The van der Waals surface area contributed by atoms with Gasteiger partial charge < -0.3 is 5.32 Å². The predicted molar refractivity (Wildman–Crippen MR) is 82.8 cm³/mol. The second-order valence-corrected chi connectivity index (χ2v) is 6.03. The maximum Gasteiger partial charge on any atom is 0.270 e. The van der Waals surface area contributed by atoms with E-state index in [1.165, 1.54) is 0 Å². The lowest BCUT2D eigenvalue weighted by Gasteiger charge is -2.33. The Morgan fingerprint density at radius 3 is 2.70 bits per heavy atom. The molecule has 110 valence electrons. The molecule has 1 aromatic carbocycles. The summed E-state index contributed by atoms with van der Waals surface area (Å²) in [6, 6.07) is 5.76. The molecule has 1 heterocycles. The number of benzene rings is 1. The van der Waals surface area contributed by atoms with E-state index in [9.17, 15) is 10.1 Å². The predicted octanol–water partition coefficient (Wildman–Crippen LogP) is 2.93. The van der Waals surface area contributed by atoms with Gasteiger partial charge in [-0.1, -0.05) is 22.9 Å². The second kappa shape index (κ2) is 7.15. The van der Waals surface area contributed by atoms with Crippen LogP contribution in [0.2, 0.25) is 0 Å². The number of halogens is 1. The number of hydrogen-bond donors (Lipinski definition) is 1. The number of nitrogens with one attached hydrogen (secondary N) is 1. The van der Waals surface area contributed by atoms with Crippen LogP contribution in [0.5, 0.6) is 0 Å². The molecule has 2 rings (SSSR count). The highest BCUT2D eigenvalue weighted by molar-refractivity contribution is 9.10. The highest BCUT2D eigenvalue weighted by Gasteiger charge is 2.20. The second-order valence-electron chi connectivity index (χ2n) is 5.12. The van der Waals surface area contributed by atoms with Crippen LogP contribution in [0.3, 0.4) is 0 Å². The van der Waals surface area contributed by atoms with E-state index in [1.54, 1.807) is 12.1 Å². The first kappa shape index (κ1) is 15.4. The van der Waals surface area contributed by atoms with Crippen LogP contribution < -0.4 is 5.32 Å². The third-order valence-corrected chi connectivity index (χ3v) is 4.23. The zero-order valence-corrected chi connectivity index (χ0v) is 13.2. The van der Waals surface area contributed by atoms with Crippen LogP contribution >= 0.6 is 15.9 Å². The third-order valence-electron chi connectivity index (χ3n) is 3.77. The molecule has 0 spiro atoms. The zero-order chi connectivity index (χ0) is 14.5. The summed E-state index contributed by atoms with van der Waals surface area (Å²) < 4.78 is 0.767. The van der Waals surface area contributed by atoms with Gasteiger partial charge in [0.1, 0.15) is 0 Å². The fraction of sp³-hybridized carbons (Fsp3) is 0.571. The molecule has 5 nitrogen and oxygen atoms in total. The van der Waals surface area contributed by atoms with Crippen molar-refractivity contribution < 1.29 is 4.92 Å². The fourth-order valence-electron chi connectivity index (χ4n) is 2.74. The van der Waals surface area contributed by atoms with Crippen molar-refractivity contribution >= 4 is 21.6 Å². The summed E-state index contributed by atoms with van der Waals surface area (Å²) in [4.78, 5) is 13.0. The lowest BCUT2D eigenvalue weighted by Crippen LogP contribution is -2.42. The monoisotopic (exact) mass is 341 g/mol. The molecule has 0 unspecified atom stereocenters. The average molecular weight is 342 g/mol. The highest BCUT2D eigenvalue weighted by atomic mass is 79.9. The van der Waals surface area contributed by atoms with Gasteiger partial charge in [0.05, 0.1) is 4.92 Å². The summed E-state index contributed by atoms with van der Waals surface area (Å²) in [7, 11) is 0. The SMILES string of the molecule is CCN(Cc1cc(Br)cc([N+](=O)[O-])c1)C1CCNCC1. The molecule has 6 heteroatoms. The molecular weight excluding hydrogens is 322 g/mol. The molecule has 0 bridgehead atoms. The lowest BCUT2D eigenvalue weighted by atomic mass is 10.0. The molecule has 1 fully saturated rings. The Balaban J connectivity index is 2.12. The first-order valence-electron chi connectivity index (χ1n) is 6.98. The van der Waals surface area contributed by atoms with E-state index in [-0.39, 0.29) is 10.6 Å². The highest BCUT2D eigenvalue weighted by Crippen LogP contribution is 2.23. The number of nitrogens with zero attached hydrogens (tertiary/aromatic N) is 2. The molecule has 1 N–H and O–H groups in total. The number of nitro benzene ring substituents is 1.